The van der Waals surface area contributed by atoms with Gasteiger partial charge in [-0.25, -0.2) is 14.2 Å². The Labute approximate surface area is 164 Å². The maximum absolute atomic E-state index is 13.3. The summed E-state index contributed by atoms with van der Waals surface area (Å²) in [7, 11) is 0. The minimum atomic E-state index is -0.368. The molecule has 2 aliphatic rings. The fourth-order valence-electron chi connectivity index (χ4n) is 3.66. The Morgan fingerprint density at radius 2 is 1.75 bits per heavy atom. The Hall–Kier alpha value is -2.90. The van der Waals surface area contributed by atoms with E-state index in [2.05, 4.69) is 20.1 Å². The van der Waals surface area contributed by atoms with Crippen LogP contribution < -0.4 is 15.1 Å². The van der Waals surface area contributed by atoms with Gasteiger partial charge >= 0.3 is 6.03 Å². The summed E-state index contributed by atoms with van der Waals surface area (Å²) < 4.78 is 13.3. The monoisotopic (exact) mass is 384 g/mol. The highest BCUT2D eigenvalue weighted by atomic mass is 19.1. The Kier molecular flexibility index (Phi) is 5.27. The Morgan fingerprint density at radius 1 is 1.00 bits per heavy atom. The summed E-state index contributed by atoms with van der Waals surface area (Å²) in [4.78, 5) is 28.0. The lowest BCUT2D eigenvalue weighted by Crippen LogP contribution is -2.50. The lowest BCUT2D eigenvalue weighted by Gasteiger charge is -2.35. The van der Waals surface area contributed by atoms with Crippen LogP contribution in [0.4, 0.5) is 26.6 Å². The standard InChI is InChI=1S/C20H25FN6O/c1-15-13-18(25-7-2-3-8-25)24-19(22-15)26-9-11-27(12-10-26)20(28)23-17-6-4-5-16(21)14-17/h4-6,13-14H,2-3,7-12H2,1H3,(H,23,28). The summed E-state index contributed by atoms with van der Waals surface area (Å²) in [6.07, 6.45) is 2.41. The van der Waals surface area contributed by atoms with E-state index in [1.165, 1.54) is 25.0 Å². The molecule has 4 rings (SSSR count). The number of nitrogens with one attached hydrogen (secondary N) is 1. The minimum Gasteiger partial charge on any atom is -0.356 e. The topological polar surface area (TPSA) is 64.6 Å². The number of aromatic nitrogens is 2. The molecule has 8 heteroatoms. The largest absolute Gasteiger partial charge is 0.356 e. The summed E-state index contributed by atoms with van der Waals surface area (Å²) >= 11 is 0. The lowest BCUT2D eigenvalue weighted by atomic mass is 10.3. The molecule has 2 saturated heterocycles. The van der Waals surface area contributed by atoms with Crippen LogP contribution in [0.1, 0.15) is 18.5 Å². The van der Waals surface area contributed by atoms with Crippen LogP contribution in [0.3, 0.4) is 0 Å². The molecule has 0 aliphatic carbocycles. The van der Waals surface area contributed by atoms with Crippen molar-refractivity contribution in [3.63, 3.8) is 0 Å². The van der Waals surface area contributed by atoms with Crippen LogP contribution in [0.25, 0.3) is 0 Å². The predicted octanol–water partition coefficient (Wildman–Crippen LogP) is 2.88. The van der Waals surface area contributed by atoms with Crippen molar-refractivity contribution in [1.29, 1.82) is 0 Å². The van der Waals surface area contributed by atoms with Crippen LogP contribution in [0.5, 0.6) is 0 Å². The van der Waals surface area contributed by atoms with E-state index in [0.717, 1.165) is 30.5 Å². The second kappa shape index (κ2) is 8.00. The first-order valence-corrected chi connectivity index (χ1v) is 9.75. The fraction of sp³-hybridized carbons (Fsp3) is 0.450. The number of anilines is 3. The molecule has 0 atom stereocenters. The molecule has 1 N–H and O–H groups in total. The van der Waals surface area contributed by atoms with Crippen LogP contribution in [-0.4, -0.2) is 60.2 Å². The van der Waals surface area contributed by atoms with Crippen LogP contribution in [0.15, 0.2) is 30.3 Å². The number of hydrogen-bond acceptors (Lipinski definition) is 5. The van der Waals surface area contributed by atoms with E-state index in [0.29, 0.717) is 31.9 Å². The number of hydrogen-bond donors (Lipinski definition) is 1. The molecule has 2 fully saturated rings. The number of urea groups is 1. The maximum Gasteiger partial charge on any atom is 0.321 e. The Morgan fingerprint density at radius 3 is 2.46 bits per heavy atom. The molecule has 148 valence electrons. The summed E-state index contributed by atoms with van der Waals surface area (Å²) in [6, 6.07) is 7.75. The molecule has 1 aromatic carbocycles. The molecule has 2 aromatic rings. The van der Waals surface area contributed by atoms with Crippen molar-refractivity contribution in [3.8, 4) is 0 Å². The van der Waals surface area contributed by atoms with Gasteiger partial charge in [0.15, 0.2) is 0 Å². The van der Waals surface area contributed by atoms with Gasteiger partial charge in [0.05, 0.1) is 0 Å². The van der Waals surface area contributed by atoms with E-state index in [-0.39, 0.29) is 11.8 Å². The van der Waals surface area contributed by atoms with E-state index in [4.69, 9.17) is 4.98 Å². The van der Waals surface area contributed by atoms with Gasteiger partial charge in [0, 0.05) is 56.7 Å². The third kappa shape index (κ3) is 4.16. The minimum absolute atomic E-state index is 0.215. The second-order valence-electron chi connectivity index (χ2n) is 7.28. The Balaban J connectivity index is 1.38. The first kappa shape index (κ1) is 18.5. The van der Waals surface area contributed by atoms with E-state index in [1.54, 1.807) is 17.0 Å². The first-order chi connectivity index (χ1) is 13.6. The number of piperazine rings is 1. The van der Waals surface area contributed by atoms with Gasteiger partial charge in [0.2, 0.25) is 5.95 Å². The van der Waals surface area contributed by atoms with E-state index in [9.17, 15) is 9.18 Å². The zero-order chi connectivity index (χ0) is 19.5. The molecule has 0 saturated carbocycles. The number of halogens is 1. The zero-order valence-corrected chi connectivity index (χ0v) is 16.1. The van der Waals surface area contributed by atoms with E-state index in [1.807, 2.05) is 13.0 Å². The van der Waals surface area contributed by atoms with E-state index < -0.39 is 0 Å². The third-order valence-electron chi connectivity index (χ3n) is 5.18. The van der Waals surface area contributed by atoms with Gasteiger partial charge in [-0.2, -0.15) is 4.98 Å². The molecular weight excluding hydrogens is 359 g/mol. The molecule has 1 aromatic heterocycles. The molecule has 3 heterocycles. The zero-order valence-electron chi connectivity index (χ0n) is 16.1. The van der Waals surface area contributed by atoms with Crippen LogP contribution in [-0.2, 0) is 0 Å². The molecule has 7 nitrogen and oxygen atoms in total. The number of nitrogens with zero attached hydrogens (tertiary/aromatic N) is 5. The highest BCUT2D eigenvalue weighted by molar-refractivity contribution is 5.89. The molecule has 2 aliphatic heterocycles. The number of rotatable bonds is 3. The van der Waals surface area contributed by atoms with E-state index >= 15 is 0 Å². The quantitative estimate of drug-likeness (QED) is 0.882. The van der Waals surface area contributed by atoms with Crippen LogP contribution >= 0.6 is 0 Å². The highest BCUT2D eigenvalue weighted by Gasteiger charge is 2.24. The van der Waals surface area contributed by atoms with Crippen LogP contribution in [0, 0.1) is 12.7 Å². The number of benzene rings is 1. The number of carbonyl (C=O) groups is 1. The molecular formula is C20H25FN6O. The summed E-state index contributed by atoms with van der Waals surface area (Å²) in [5, 5.41) is 2.75. The number of carbonyl (C=O) groups excluding carboxylic acids is 1. The van der Waals surface area contributed by atoms with Crippen molar-refractivity contribution in [1.82, 2.24) is 14.9 Å². The normalized spacial score (nSPS) is 17.1. The number of aryl methyl sites for hydroxylation is 1. The Bertz CT molecular complexity index is 846. The summed E-state index contributed by atoms with van der Waals surface area (Å²) in [5.41, 5.74) is 1.42. The van der Waals surface area contributed by atoms with Gasteiger partial charge in [-0.15, -0.1) is 0 Å². The van der Waals surface area contributed by atoms with Crippen molar-refractivity contribution in [2.75, 3.05) is 54.4 Å². The lowest BCUT2D eigenvalue weighted by molar-refractivity contribution is 0.208. The molecule has 0 spiro atoms. The summed E-state index contributed by atoms with van der Waals surface area (Å²) in [6.45, 7) is 6.55. The van der Waals surface area contributed by atoms with Gasteiger partial charge in [0.1, 0.15) is 11.6 Å². The van der Waals surface area contributed by atoms with Crippen molar-refractivity contribution in [2.45, 2.75) is 19.8 Å². The predicted molar refractivity (Wildman–Crippen MR) is 107 cm³/mol. The number of amides is 2. The van der Waals surface area contributed by atoms with Crippen LogP contribution in [0.2, 0.25) is 0 Å². The second-order valence-corrected chi connectivity index (χ2v) is 7.28. The first-order valence-electron chi connectivity index (χ1n) is 9.75. The van der Waals surface area contributed by atoms with Gasteiger partial charge < -0.3 is 20.0 Å². The van der Waals surface area contributed by atoms with Crippen molar-refractivity contribution >= 4 is 23.5 Å². The molecule has 0 unspecified atom stereocenters. The van der Waals surface area contributed by atoms with Gasteiger partial charge in [-0.3, -0.25) is 0 Å². The highest BCUT2D eigenvalue weighted by Crippen LogP contribution is 2.22. The summed E-state index contributed by atoms with van der Waals surface area (Å²) in [5.74, 6) is 1.35. The molecule has 0 bridgehead atoms. The average Bonchev–Trinajstić information content (AvgIpc) is 3.22. The molecule has 0 radical (unpaired) electrons. The maximum atomic E-state index is 13.3. The van der Waals surface area contributed by atoms with Crippen molar-refractivity contribution < 1.29 is 9.18 Å². The third-order valence-corrected chi connectivity index (χ3v) is 5.18. The van der Waals surface area contributed by atoms with Crippen molar-refractivity contribution in [2.24, 2.45) is 0 Å². The van der Waals surface area contributed by atoms with Gasteiger partial charge in [0.25, 0.3) is 0 Å². The molecule has 2 amide bonds. The molecule has 28 heavy (non-hydrogen) atoms. The van der Waals surface area contributed by atoms with Crippen molar-refractivity contribution in [3.05, 3.63) is 41.8 Å². The smallest absolute Gasteiger partial charge is 0.321 e. The SMILES string of the molecule is Cc1cc(N2CCCC2)nc(N2CCN(C(=O)Nc3cccc(F)c3)CC2)n1. The van der Waals surface area contributed by atoms with Gasteiger partial charge in [-0.1, -0.05) is 6.07 Å². The average molecular weight is 384 g/mol. The van der Waals surface area contributed by atoms with Gasteiger partial charge in [-0.05, 0) is 38.0 Å². The fourth-order valence-corrected chi connectivity index (χ4v) is 3.66.